The zero-order valence-electron chi connectivity index (χ0n) is 7.68. The number of hydrogen-bond acceptors (Lipinski definition) is 3. The number of hydrogen-bond donors (Lipinski definition) is 2. The maximum atomic E-state index is 10.8. The first kappa shape index (κ1) is 10.4. The van der Waals surface area contributed by atoms with E-state index in [4.69, 9.17) is 10.8 Å². The number of aromatic carboxylic acids is 1. The Morgan fingerprint density at radius 2 is 2.50 bits per heavy atom. The highest BCUT2D eigenvalue weighted by molar-refractivity contribution is 5.89. The molecular formula is C10H12N2O2. The van der Waals surface area contributed by atoms with Crippen LogP contribution < -0.4 is 5.73 Å². The van der Waals surface area contributed by atoms with E-state index in [1.807, 2.05) is 0 Å². The van der Waals surface area contributed by atoms with Gasteiger partial charge in [0.05, 0.1) is 5.56 Å². The third-order valence-electron chi connectivity index (χ3n) is 1.91. The molecule has 0 aliphatic heterocycles. The van der Waals surface area contributed by atoms with Crippen LogP contribution in [0, 0.1) is 0 Å². The average Bonchev–Trinajstić information content (AvgIpc) is 2.18. The summed E-state index contributed by atoms with van der Waals surface area (Å²) in [4.78, 5) is 14.6. The Labute approximate surface area is 82.1 Å². The predicted molar refractivity (Wildman–Crippen MR) is 52.9 cm³/mol. The molecule has 0 aliphatic rings. The lowest BCUT2D eigenvalue weighted by Crippen LogP contribution is -2.14. The maximum Gasteiger partial charge on any atom is 0.337 e. The van der Waals surface area contributed by atoms with Gasteiger partial charge >= 0.3 is 5.97 Å². The number of carboxylic acid groups (broad SMARTS) is 1. The molecule has 1 aromatic rings. The van der Waals surface area contributed by atoms with Crippen LogP contribution in [0.25, 0.3) is 0 Å². The molecule has 4 heteroatoms. The molecule has 0 bridgehead atoms. The van der Waals surface area contributed by atoms with E-state index >= 15 is 0 Å². The Morgan fingerprint density at radius 3 is 3.07 bits per heavy atom. The van der Waals surface area contributed by atoms with Crippen molar-refractivity contribution < 1.29 is 9.90 Å². The van der Waals surface area contributed by atoms with Crippen LogP contribution in [-0.4, -0.2) is 16.1 Å². The van der Waals surface area contributed by atoms with E-state index in [1.54, 1.807) is 12.1 Å². The summed E-state index contributed by atoms with van der Waals surface area (Å²) in [6.45, 7) is 3.56. The Hall–Kier alpha value is -1.68. The number of nitrogens with zero attached hydrogens (tertiary/aromatic N) is 1. The number of rotatable bonds is 4. The van der Waals surface area contributed by atoms with E-state index < -0.39 is 5.97 Å². The van der Waals surface area contributed by atoms with Gasteiger partial charge in [-0.05, 0) is 18.1 Å². The van der Waals surface area contributed by atoms with Crippen molar-refractivity contribution in [2.45, 2.75) is 12.5 Å². The molecule has 1 aromatic heterocycles. The van der Waals surface area contributed by atoms with Gasteiger partial charge in [-0.3, -0.25) is 4.98 Å². The van der Waals surface area contributed by atoms with Crippen molar-refractivity contribution in [3.63, 3.8) is 0 Å². The fourth-order valence-corrected chi connectivity index (χ4v) is 1.21. The highest BCUT2D eigenvalue weighted by atomic mass is 16.4. The van der Waals surface area contributed by atoms with Crippen LogP contribution in [-0.2, 0) is 0 Å². The van der Waals surface area contributed by atoms with Gasteiger partial charge in [-0.1, -0.05) is 6.08 Å². The van der Waals surface area contributed by atoms with Gasteiger partial charge in [-0.25, -0.2) is 4.79 Å². The molecule has 1 atom stereocenters. The zero-order chi connectivity index (χ0) is 10.6. The molecular weight excluding hydrogens is 180 g/mol. The molecule has 0 spiro atoms. The van der Waals surface area contributed by atoms with Crippen LogP contribution in [0.15, 0.2) is 31.1 Å². The third-order valence-corrected chi connectivity index (χ3v) is 1.91. The van der Waals surface area contributed by atoms with Crippen molar-refractivity contribution in [1.82, 2.24) is 4.98 Å². The minimum absolute atomic E-state index is 0.154. The quantitative estimate of drug-likeness (QED) is 0.706. The molecule has 3 N–H and O–H groups in total. The van der Waals surface area contributed by atoms with E-state index in [9.17, 15) is 4.79 Å². The Bertz CT molecular complexity index is 350. The molecule has 0 saturated carbocycles. The highest BCUT2D eigenvalue weighted by Crippen LogP contribution is 2.17. The van der Waals surface area contributed by atoms with Crippen LogP contribution in [0.1, 0.15) is 28.4 Å². The molecule has 0 aliphatic carbocycles. The molecule has 0 saturated heterocycles. The van der Waals surface area contributed by atoms with Crippen LogP contribution in [0.5, 0.6) is 0 Å². The molecule has 74 valence electrons. The molecule has 0 aromatic carbocycles. The van der Waals surface area contributed by atoms with Crippen molar-refractivity contribution in [1.29, 1.82) is 0 Å². The van der Waals surface area contributed by atoms with E-state index in [0.29, 0.717) is 12.0 Å². The topological polar surface area (TPSA) is 76.2 Å². The monoisotopic (exact) mass is 192 g/mol. The summed E-state index contributed by atoms with van der Waals surface area (Å²) < 4.78 is 0. The van der Waals surface area contributed by atoms with Crippen molar-refractivity contribution in [2.24, 2.45) is 5.73 Å². The van der Waals surface area contributed by atoms with Gasteiger partial charge in [-0.15, -0.1) is 6.58 Å². The van der Waals surface area contributed by atoms with Gasteiger partial charge in [0.25, 0.3) is 0 Å². The van der Waals surface area contributed by atoms with Crippen molar-refractivity contribution in [3.05, 3.63) is 42.2 Å². The summed E-state index contributed by atoms with van der Waals surface area (Å²) >= 11 is 0. The number of carboxylic acids is 1. The first-order valence-electron chi connectivity index (χ1n) is 4.20. The average molecular weight is 192 g/mol. The van der Waals surface area contributed by atoms with E-state index in [0.717, 1.165) is 0 Å². The molecule has 0 radical (unpaired) electrons. The lowest BCUT2D eigenvalue weighted by molar-refractivity contribution is 0.0694. The maximum absolute atomic E-state index is 10.8. The fourth-order valence-electron chi connectivity index (χ4n) is 1.21. The van der Waals surface area contributed by atoms with Crippen molar-refractivity contribution >= 4 is 5.97 Å². The van der Waals surface area contributed by atoms with Gasteiger partial charge in [0.1, 0.15) is 0 Å². The minimum atomic E-state index is -1.01. The van der Waals surface area contributed by atoms with Crippen LogP contribution in [0.3, 0.4) is 0 Å². The molecule has 1 heterocycles. The summed E-state index contributed by atoms with van der Waals surface area (Å²) in [5.41, 5.74) is 6.53. The van der Waals surface area contributed by atoms with E-state index in [-0.39, 0.29) is 11.6 Å². The van der Waals surface area contributed by atoms with Crippen LogP contribution in [0.2, 0.25) is 0 Å². The van der Waals surface area contributed by atoms with Gasteiger partial charge in [-0.2, -0.15) is 0 Å². The van der Waals surface area contributed by atoms with E-state index in [1.165, 1.54) is 12.4 Å². The second-order valence-corrected chi connectivity index (χ2v) is 2.90. The molecule has 14 heavy (non-hydrogen) atoms. The van der Waals surface area contributed by atoms with Gasteiger partial charge in [0, 0.05) is 18.4 Å². The lowest BCUT2D eigenvalue weighted by atomic mass is 10.0. The molecule has 0 unspecified atom stereocenters. The standard InChI is InChI=1S/C10H12N2O2/c1-2-3-9(11)7-4-5-12-6-8(7)10(13)14/h2,4-6,9H,1,3,11H2,(H,13,14)/t9-/m1/s1. The number of aromatic nitrogens is 1. The van der Waals surface area contributed by atoms with Crippen LogP contribution in [0.4, 0.5) is 0 Å². The summed E-state index contributed by atoms with van der Waals surface area (Å²) in [5.74, 6) is -1.01. The molecule has 0 fully saturated rings. The summed E-state index contributed by atoms with van der Waals surface area (Å²) in [6.07, 6.45) is 5.05. The van der Waals surface area contributed by atoms with E-state index in [2.05, 4.69) is 11.6 Å². The minimum Gasteiger partial charge on any atom is -0.478 e. The molecule has 0 amide bonds. The Kier molecular flexibility index (Phi) is 3.36. The molecule has 1 rings (SSSR count). The normalized spacial score (nSPS) is 12.1. The third kappa shape index (κ3) is 2.17. The number of carbonyl (C=O) groups is 1. The van der Waals surface area contributed by atoms with Crippen molar-refractivity contribution in [2.75, 3.05) is 0 Å². The van der Waals surface area contributed by atoms with Crippen LogP contribution >= 0.6 is 0 Å². The lowest BCUT2D eigenvalue weighted by Gasteiger charge is -2.11. The van der Waals surface area contributed by atoms with Gasteiger partial charge in [0.2, 0.25) is 0 Å². The first-order valence-corrected chi connectivity index (χ1v) is 4.20. The van der Waals surface area contributed by atoms with Gasteiger partial charge < -0.3 is 10.8 Å². The summed E-state index contributed by atoms with van der Waals surface area (Å²) in [7, 11) is 0. The largest absolute Gasteiger partial charge is 0.478 e. The summed E-state index contributed by atoms with van der Waals surface area (Å²) in [5, 5.41) is 8.86. The highest BCUT2D eigenvalue weighted by Gasteiger charge is 2.14. The number of nitrogens with two attached hydrogens (primary N) is 1. The second kappa shape index (κ2) is 4.53. The van der Waals surface area contributed by atoms with Gasteiger partial charge in [0.15, 0.2) is 0 Å². The zero-order valence-corrected chi connectivity index (χ0v) is 7.68. The smallest absolute Gasteiger partial charge is 0.337 e. The Balaban J connectivity index is 3.06. The fraction of sp³-hybridized carbons (Fsp3) is 0.200. The number of pyridine rings is 1. The SMILES string of the molecule is C=CC[C@@H](N)c1ccncc1C(=O)O. The Morgan fingerprint density at radius 1 is 1.79 bits per heavy atom. The predicted octanol–water partition coefficient (Wildman–Crippen LogP) is 1.36. The second-order valence-electron chi connectivity index (χ2n) is 2.90. The van der Waals surface area contributed by atoms with Crippen molar-refractivity contribution in [3.8, 4) is 0 Å². The summed E-state index contributed by atoms with van der Waals surface area (Å²) in [6, 6.07) is 1.29. The molecule has 4 nitrogen and oxygen atoms in total. The first-order chi connectivity index (χ1) is 6.66.